The summed E-state index contributed by atoms with van der Waals surface area (Å²) in [5.41, 5.74) is 1.57. The quantitative estimate of drug-likeness (QED) is 0.651. The Hall–Kier alpha value is -2.15. The fourth-order valence-corrected chi connectivity index (χ4v) is 1.95. The molecule has 0 aliphatic rings. The van der Waals surface area contributed by atoms with Crippen LogP contribution in [0.2, 0.25) is 0 Å². The van der Waals surface area contributed by atoms with Crippen LogP contribution in [0.5, 0.6) is 5.75 Å². The first kappa shape index (κ1) is 18.2. The second kappa shape index (κ2) is 7.61. The maximum Gasteiger partial charge on any atom is 0.573 e. The van der Waals surface area contributed by atoms with E-state index in [2.05, 4.69) is 4.74 Å². The summed E-state index contributed by atoms with van der Waals surface area (Å²) in [5.74, 6) is -0.505. The molecule has 0 radical (unpaired) electrons. The molecule has 0 aliphatic heterocycles. The number of rotatable bonds is 6. The average molecular weight is 346 g/mol. The molecular formula is C17H15F5O2. The lowest BCUT2D eigenvalue weighted by Crippen LogP contribution is -2.17. The zero-order chi connectivity index (χ0) is 17.7. The van der Waals surface area contributed by atoms with Gasteiger partial charge < -0.3 is 9.47 Å². The summed E-state index contributed by atoms with van der Waals surface area (Å²) in [6.07, 6.45) is -9.19. The molecule has 0 amide bonds. The summed E-state index contributed by atoms with van der Waals surface area (Å²) in [7, 11) is 0. The molecule has 0 fully saturated rings. The summed E-state index contributed by atoms with van der Waals surface area (Å²) >= 11 is 0. The number of benzene rings is 2. The highest BCUT2D eigenvalue weighted by Crippen LogP contribution is 2.29. The van der Waals surface area contributed by atoms with Crippen molar-refractivity contribution in [2.24, 2.45) is 0 Å². The number of halogens is 5. The second-order valence-corrected chi connectivity index (χ2v) is 5.17. The van der Waals surface area contributed by atoms with Crippen molar-refractivity contribution in [3.8, 4) is 5.75 Å². The smallest absolute Gasteiger partial charge is 0.406 e. The van der Waals surface area contributed by atoms with Gasteiger partial charge in [-0.3, -0.25) is 0 Å². The van der Waals surface area contributed by atoms with Crippen molar-refractivity contribution in [1.82, 2.24) is 0 Å². The molecule has 24 heavy (non-hydrogen) atoms. The molecule has 0 saturated heterocycles. The number of hydrogen-bond acceptors (Lipinski definition) is 2. The van der Waals surface area contributed by atoms with Gasteiger partial charge in [0, 0.05) is 0 Å². The van der Waals surface area contributed by atoms with Crippen LogP contribution in [0.3, 0.4) is 0 Å². The fraction of sp³-hybridized carbons (Fsp3) is 0.294. The maximum absolute atomic E-state index is 14.0. The van der Waals surface area contributed by atoms with Crippen molar-refractivity contribution >= 4 is 0 Å². The molecule has 0 saturated carbocycles. The van der Waals surface area contributed by atoms with Crippen LogP contribution in [-0.4, -0.2) is 12.7 Å². The minimum Gasteiger partial charge on any atom is -0.406 e. The molecule has 2 aromatic carbocycles. The van der Waals surface area contributed by atoms with E-state index in [1.807, 2.05) is 19.1 Å². The average Bonchev–Trinajstić information content (AvgIpc) is 2.52. The first-order valence-corrected chi connectivity index (χ1v) is 7.05. The van der Waals surface area contributed by atoms with Gasteiger partial charge in [0.25, 0.3) is 0 Å². The molecule has 0 N–H and O–H groups in total. The maximum atomic E-state index is 14.0. The lowest BCUT2D eigenvalue weighted by atomic mass is 10.1. The van der Waals surface area contributed by atoms with Crippen LogP contribution in [0.4, 0.5) is 22.0 Å². The van der Waals surface area contributed by atoms with Crippen molar-refractivity contribution < 1.29 is 31.4 Å². The molecule has 130 valence electrons. The monoisotopic (exact) mass is 346 g/mol. The predicted molar refractivity (Wildman–Crippen MR) is 77.8 cm³/mol. The van der Waals surface area contributed by atoms with Gasteiger partial charge in [-0.25, -0.2) is 8.78 Å². The minimum absolute atomic E-state index is 0.114. The van der Waals surface area contributed by atoms with E-state index in [0.29, 0.717) is 5.56 Å². The predicted octanol–water partition coefficient (Wildman–Crippen LogP) is 5.42. The summed E-state index contributed by atoms with van der Waals surface area (Å²) in [6.45, 7) is 1.78. The van der Waals surface area contributed by atoms with Gasteiger partial charge in [0.15, 0.2) is 6.17 Å². The summed E-state index contributed by atoms with van der Waals surface area (Å²) in [4.78, 5) is 0. The van der Waals surface area contributed by atoms with E-state index in [1.54, 1.807) is 12.1 Å². The second-order valence-electron chi connectivity index (χ2n) is 5.17. The molecule has 7 heteroatoms. The third kappa shape index (κ3) is 5.49. The molecule has 2 nitrogen and oxygen atoms in total. The van der Waals surface area contributed by atoms with Gasteiger partial charge in [-0.15, -0.1) is 13.2 Å². The lowest BCUT2D eigenvalue weighted by molar-refractivity contribution is -0.274. The van der Waals surface area contributed by atoms with Crippen LogP contribution in [0.1, 0.15) is 22.9 Å². The van der Waals surface area contributed by atoms with Gasteiger partial charge in [-0.05, 0) is 30.2 Å². The SMILES string of the molecule is Cc1ccc(COC(F)C(F)c2ccc(OC(F)(F)F)cc2)cc1. The highest BCUT2D eigenvalue weighted by Gasteiger charge is 2.31. The van der Waals surface area contributed by atoms with E-state index in [4.69, 9.17) is 4.74 Å². The molecule has 2 atom stereocenters. The first-order chi connectivity index (χ1) is 11.2. The third-order valence-electron chi connectivity index (χ3n) is 3.19. The van der Waals surface area contributed by atoms with E-state index in [1.165, 1.54) is 0 Å². The van der Waals surface area contributed by atoms with Crippen LogP contribution in [-0.2, 0) is 11.3 Å². The Bertz CT molecular complexity index is 638. The zero-order valence-electron chi connectivity index (χ0n) is 12.7. The summed E-state index contributed by atoms with van der Waals surface area (Å²) < 4.78 is 72.4. The molecule has 0 aliphatic carbocycles. The van der Waals surface area contributed by atoms with Gasteiger partial charge >= 0.3 is 6.36 Å². The number of alkyl halides is 5. The molecule has 2 aromatic rings. The van der Waals surface area contributed by atoms with Crippen LogP contribution < -0.4 is 4.74 Å². The minimum atomic E-state index is -4.84. The van der Waals surface area contributed by atoms with Crippen LogP contribution >= 0.6 is 0 Å². The van der Waals surface area contributed by atoms with E-state index in [9.17, 15) is 22.0 Å². The van der Waals surface area contributed by atoms with Gasteiger partial charge in [0.1, 0.15) is 5.75 Å². The Kier molecular flexibility index (Phi) is 5.77. The Labute approximate surface area is 135 Å². The van der Waals surface area contributed by atoms with E-state index in [0.717, 1.165) is 29.8 Å². The van der Waals surface area contributed by atoms with E-state index < -0.39 is 24.6 Å². The Morgan fingerprint density at radius 2 is 1.50 bits per heavy atom. The van der Waals surface area contributed by atoms with E-state index in [-0.39, 0.29) is 12.2 Å². The van der Waals surface area contributed by atoms with Crippen LogP contribution in [0, 0.1) is 6.92 Å². The molecule has 0 heterocycles. The Morgan fingerprint density at radius 3 is 2.04 bits per heavy atom. The van der Waals surface area contributed by atoms with Crippen LogP contribution in [0.25, 0.3) is 0 Å². The van der Waals surface area contributed by atoms with Crippen LogP contribution in [0.15, 0.2) is 48.5 Å². The topological polar surface area (TPSA) is 18.5 Å². The van der Waals surface area contributed by atoms with Crippen molar-refractivity contribution in [2.45, 2.75) is 32.4 Å². The zero-order valence-corrected chi connectivity index (χ0v) is 12.7. The summed E-state index contributed by atoms with van der Waals surface area (Å²) in [5, 5.41) is 0. The fourth-order valence-electron chi connectivity index (χ4n) is 1.95. The lowest BCUT2D eigenvalue weighted by Gasteiger charge is -2.15. The molecule has 0 aromatic heterocycles. The van der Waals surface area contributed by atoms with Gasteiger partial charge in [-0.1, -0.05) is 42.0 Å². The highest BCUT2D eigenvalue weighted by molar-refractivity contribution is 5.29. The molecule has 0 spiro atoms. The van der Waals surface area contributed by atoms with Crippen molar-refractivity contribution in [1.29, 1.82) is 0 Å². The van der Waals surface area contributed by atoms with Gasteiger partial charge in [0.05, 0.1) is 6.61 Å². The third-order valence-corrected chi connectivity index (χ3v) is 3.19. The van der Waals surface area contributed by atoms with Gasteiger partial charge in [-0.2, -0.15) is 0 Å². The summed E-state index contributed by atoms with van der Waals surface area (Å²) in [6, 6.07) is 11.0. The molecule has 2 unspecified atom stereocenters. The standard InChI is InChI=1S/C17H15F5O2/c1-11-2-4-12(5-3-11)10-23-16(19)15(18)13-6-8-14(9-7-13)24-17(20,21)22/h2-9,15-16H,10H2,1H3. The van der Waals surface area contributed by atoms with Crippen molar-refractivity contribution in [3.63, 3.8) is 0 Å². The molecule has 2 rings (SSSR count). The highest BCUT2D eigenvalue weighted by atomic mass is 19.4. The molecular weight excluding hydrogens is 331 g/mol. The number of aryl methyl sites for hydroxylation is 1. The Balaban J connectivity index is 1.92. The van der Waals surface area contributed by atoms with Crippen molar-refractivity contribution in [3.05, 3.63) is 65.2 Å². The Morgan fingerprint density at radius 1 is 0.917 bits per heavy atom. The van der Waals surface area contributed by atoms with Crippen molar-refractivity contribution in [2.75, 3.05) is 0 Å². The van der Waals surface area contributed by atoms with E-state index >= 15 is 0 Å². The first-order valence-electron chi connectivity index (χ1n) is 7.05. The number of ether oxygens (including phenoxy) is 2. The van der Waals surface area contributed by atoms with Gasteiger partial charge in [0.2, 0.25) is 6.36 Å². The normalized spacial score (nSPS) is 14.2. The largest absolute Gasteiger partial charge is 0.573 e. The number of hydrogen-bond donors (Lipinski definition) is 0. The molecule has 0 bridgehead atoms.